The molecule has 1 saturated heterocycles. The van der Waals surface area contributed by atoms with E-state index in [1.165, 1.54) is 18.7 Å². The summed E-state index contributed by atoms with van der Waals surface area (Å²) >= 11 is 0. The Morgan fingerprint density at radius 3 is 2.60 bits per heavy atom. The summed E-state index contributed by atoms with van der Waals surface area (Å²) in [4.78, 5) is 29.3. The summed E-state index contributed by atoms with van der Waals surface area (Å²) in [6.07, 6.45) is 7.11. The molecule has 8 heteroatoms. The Morgan fingerprint density at radius 1 is 1.25 bits per heavy atom. The fraction of sp³-hybridized carbons (Fsp3) is 0.250. The summed E-state index contributed by atoms with van der Waals surface area (Å²) in [7, 11) is 0. The first kappa shape index (κ1) is 12.3. The van der Waals surface area contributed by atoms with Gasteiger partial charge in [0.25, 0.3) is 0 Å². The summed E-state index contributed by atoms with van der Waals surface area (Å²) in [5, 5.41) is 12.1. The van der Waals surface area contributed by atoms with Gasteiger partial charge in [0.1, 0.15) is 12.1 Å². The van der Waals surface area contributed by atoms with E-state index in [-0.39, 0.29) is 11.5 Å². The van der Waals surface area contributed by atoms with Gasteiger partial charge < -0.3 is 15.3 Å². The molecular formula is C12H12N6O2. The Hall–Kier alpha value is -2.77. The van der Waals surface area contributed by atoms with Crippen LogP contribution in [0.3, 0.4) is 0 Å². The quantitative estimate of drug-likeness (QED) is 0.846. The van der Waals surface area contributed by atoms with E-state index < -0.39 is 5.97 Å². The minimum atomic E-state index is -1.13. The van der Waals surface area contributed by atoms with Crippen LogP contribution in [-0.4, -0.2) is 44.1 Å². The molecule has 3 rings (SSSR count). The molecule has 3 heterocycles. The van der Waals surface area contributed by atoms with Gasteiger partial charge in [0, 0.05) is 13.1 Å². The zero-order chi connectivity index (χ0) is 13.9. The number of carboxylic acid groups (broad SMARTS) is 1. The number of nitrogens with zero attached hydrogens (tertiary/aromatic N) is 5. The second kappa shape index (κ2) is 5.08. The van der Waals surface area contributed by atoms with E-state index in [0.717, 1.165) is 19.5 Å². The van der Waals surface area contributed by atoms with Crippen molar-refractivity contribution in [2.24, 2.45) is 0 Å². The molecule has 0 spiro atoms. The lowest BCUT2D eigenvalue weighted by Gasteiger charge is -2.31. The van der Waals surface area contributed by atoms with Crippen LogP contribution in [0.2, 0.25) is 0 Å². The highest BCUT2D eigenvalue weighted by Gasteiger charge is 2.21. The van der Waals surface area contributed by atoms with Crippen molar-refractivity contribution in [2.45, 2.75) is 6.42 Å². The lowest BCUT2D eigenvalue weighted by atomic mass is 10.2. The van der Waals surface area contributed by atoms with Gasteiger partial charge >= 0.3 is 5.97 Å². The molecule has 1 aliphatic heterocycles. The fourth-order valence-corrected chi connectivity index (χ4v) is 1.82. The standard InChI is InChI=1S/C12H12N6O2/c19-12(20)10-11(16-8-4-13-7-14-5-8)15-6-9(17-10)18-2-1-3-18/h4-7H,1-3H2,(H,15,16)(H,19,20). The molecule has 0 saturated carbocycles. The van der Waals surface area contributed by atoms with E-state index in [0.29, 0.717) is 11.5 Å². The minimum absolute atomic E-state index is 0.113. The lowest BCUT2D eigenvalue weighted by Crippen LogP contribution is -2.38. The van der Waals surface area contributed by atoms with Crippen molar-refractivity contribution in [3.63, 3.8) is 0 Å². The van der Waals surface area contributed by atoms with Gasteiger partial charge in [0.05, 0.1) is 24.3 Å². The van der Waals surface area contributed by atoms with Crippen LogP contribution in [0.25, 0.3) is 0 Å². The van der Waals surface area contributed by atoms with Gasteiger partial charge in [-0.2, -0.15) is 0 Å². The van der Waals surface area contributed by atoms with Gasteiger partial charge in [0.15, 0.2) is 11.5 Å². The van der Waals surface area contributed by atoms with Gasteiger partial charge in [-0.15, -0.1) is 0 Å². The first-order valence-electron chi connectivity index (χ1n) is 6.11. The number of hydrogen-bond donors (Lipinski definition) is 2. The highest BCUT2D eigenvalue weighted by atomic mass is 16.4. The first-order chi connectivity index (χ1) is 9.74. The van der Waals surface area contributed by atoms with Crippen LogP contribution in [0.4, 0.5) is 17.3 Å². The maximum Gasteiger partial charge on any atom is 0.358 e. The van der Waals surface area contributed by atoms with E-state index in [9.17, 15) is 9.90 Å². The maximum absolute atomic E-state index is 11.3. The smallest absolute Gasteiger partial charge is 0.358 e. The second-order valence-electron chi connectivity index (χ2n) is 4.32. The van der Waals surface area contributed by atoms with Gasteiger partial charge in [0.2, 0.25) is 0 Å². The van der Waals surface area contributed by atoms with Crippen molar-refractivity contribution in [1.82, 2.24) is 19.9 Å². The fourth-order valence-electron chi connectivity index (χ4n) is 1.82. The lowest BCUT2D eigenvalue weighted by molar-refractivity contribution is 0.0691. The molecule has 0 aromatic carbocycles. The molecule has 20 heavy (non-hydrogen) atoms. The summed E-state index contributed by atoms with van der Waals surface area (Å²) < 4.78 is 0. The summed E-state index contributed by atoms with van der Waals surface area (Å²) in [5.74, 6) is -0.362. The van der Waals surface area contributed by atoms with Gasteiger partial charge in [-0.3, -0.25) is 0 Å². The van der Waals surface area contributed by atoms with Gasteiger partial charge in [-0.05, 0) is 6.42 Å². The Kier molecular flexibility index (Phi) is 3.12. The monoisotopic (exact) mass is 272 g/mol. The second-order valence-corrected chi connectivity index (χ2v) is 4.32. The summed E-state index contributed by atoms with van der Waals surface area (Å²) in [6, 6.07) is 0. The number of aromatic nitrogens is 4. The van der Waals surface area contributed by atoms with Crippen molar-refractivity contribution in [3.05, 3.63) is 30.6 Å². The van der Waals surface area contributed by atoms with E-state index in [1.54, 1.807) is 6.20 Å². The van der Waals surface area contributed by atoms with E-state index in [4.69, 9.17) is 0 Å². The Bertz CT molecular complexity index is 629. The zero-order valence-corrected chi connectivity index (χ0v) is 10.5. The highest BCUT2D eigenvalue weighted by Crippen LogP contribution is 2.22. The molecule has 102 valence electrons. The number of hydrogen-bond acceptors (Lipinski definition) is 7. The first-order valence-corrected chi connectivity index (χ1v) is 6.11. The van der Waals surface area contributed by atoms with Crippen LogP contribution in [0.1, 0.15) is 16.9 Å². The molecule has 8 nitrogen and oxygen atoms in total. The summed E-state index contributed by atoms with van der Waals surface area (Å²) in [5.41, 5.74) is 0.444. The molecule has 2 N–H and O–H groups in total. The number of rotatable bonds is 4. The van der Waals surface area contributed by atoms with E-state index in [2.05, 4.69) is 25.3 Å². The third-order valence-corrected chi connectivity index (χ3v) is 2.97. The molecule has 0 unspecified atom stereocenters. The Labute approximate surface area is 114 Å². The molecule has 0 radical (unpaired) electrons. The molecule has 0 atom stereocenters. The highest BCUT2D eigenvalue weighted by molar-refractivity contribution is 5.92. The third kappa shape index (κ3) is 2.35. The molecule has 1 fully saturated rings. The van der Waals surface area contributed by atoms with Crippen LogP contribution in [0.15, 0.2) is 24.9 Å². The zero-order valence-electron chi connectivity index (χ0n) is 10.5. The van der Waals surface area contributed by atoms with E-state index >= 15 is 0 Å². The molecule has 0 bridgehead atoms. The Morgan fingerprint density at radius 2 is 2.00 bits per heavy atom. The molecular weight excluding hydrogens is 260 g/mol. The average Bonchev–Trinajstić information content (AvgIpc) is 2.39. The topological polar surface area (TPSA) is 104 Å². The number of carboxylic acids is 1. The largest absolute Gasteiger partial charge is 0.476 e. The Balaban J connectivity index is 1.91. The van der Waals surface area contributed by atoms with Crippen molar-refractivity contribution >= 4 is 23.3 Å². The predicted molar refractivity (Wildman–Crippen MR) is 71.1 cm³/mol. The van der Waals surface area contributed by atoms with Crippen molar-refractivity contribution in [3.8, 4) is 0 Å². The number of nitrogens with one attached hydrogen (secondary N) is 1. The van der Waals surface area contributed by atoms with Gasteiger partial charge in [-0.1, -0.05) is 0 Å². The molecule has 0 aliphatic carbocycles. The maximum atomic E-state index is 11.3. The minimum Gasteiger partial charge on any atom is -0.476 e. The van der Waals surface area contributed by atoms with Crippen LogP contribution >= 0.6 is 0 Å². The van der Waals surface area contributed by atoms with Crippen LogP contribution in [0, 0.1) is 0 Å². The van der Waals surface area contributed by atoms with Gasteiger partial charge in [-0.25, -0.2) is 24.7 Å². The van der Waals surface area contributed by atoms with Crippen molar-refractivity contribution < 1.29 is 9.90 Å². The molecule has 0 amide bonds. The summed E-state index contributed by atoms with van der Waals surface area (Å²) in [6.45, 7) is 1.76. The average molecular weight is 272 g/mol. The normalized spacial score (nSPS) is 13.7. The van der Waals surface area contributed by atoms with E-state index in [1.807, 2.05) is 4.90 Å². The van der Waals surface area contributed by atoms with Crippen LogP contribution < -0.4 is 10.2 Å². The number of anilines is 3. The van der Waals surface area contributed by atoms with Crippen LogP contribution in [-0.2, 0) is 0 Å². The molecule has 1 aliphatic rings. The van der Waals surface area contributed by atoms with Crippen molar-refractivity contribution in [1.29, 1.82) is 0 Å². The number of carbonyl (C=O) groups is 1. The molecule has 2 aromatic heterocycles. The van der Waals surface area contributed by atoms with Crippen LogP contribution in [0.5, 0.6) is 0 Å². The van der Waals surface area contributed by atoms with Crippen molar-refractivity contribution in [2.75, 3.05) is 23.3 Å². The predicted octanol–water partition coefficient (Wildman–Crippen LogP) is 0.918. The molecule has 2 aromatic rings. The third-order valence-electron chi connectivity index (χ3n) is 2.97. The SMILES string of the molecule is O=C(O)c1nc(N2CCC2)cnc1Nc1cncnc1. The number of aromatic carboxylic acids is 1.